The Hall–Kier alpha value is -0.540. The third-order valence-corrected chi connectivity index (χ3v) is 3.35. The SMILES string of the molecule is CNC(Cc1cc(Br)ccc1OC)C(C)C. The van der Waals surface area contributed by atoms with E-state index >= 15 is 0 Å². The molecule has 1 rings (SSSR count). The lowest BCUT2D eigenvalue weighted by Crippen LogP contribution is -2.32. The topological polar surface area (TPSA) is 21.3 Å². The van der Waals surface area contributed by atoms with Gasteiger partial charge in [0.1, 0.15) is 5.75 Å². The molecule has 0 aliphatic heterocycles. The predicted molar refractivity (Wildman–Crippen MR) is 72.1 cm³/mol. The monoisotopic (exact) mass is 285 g/mol. The van der Waals surface area contributed by atoms with Crippen LogP contribution in [-0.4, -0.2) is 20.2 Å². The molecule has 90 valence electrons. The van der Waals surface area contributed by atoms with Gasteiger partial charge in [-0.15, -0.1) is 0 Å². The second kappa shape index (κ2) is 6.26. The number of ether oxygens (including phenoxy) is 1. The first-order valence-corrected chi connectivity index (χ1v) is 6.37. The van der Waals surface area contributed by atoms with Crippen LogP contribution < -0.4 is 10.1 Å². The van der Waals surface area contributed by atoms with Crippen LogP contribution in [0.4, 0.5) is 0 Å². The summed E-state index contributed by atoms with van der Waals surface area (Å²) in [6, 6.07) is 6.62. The van der Waals surface area contributed by atoms with Gasteiger partial charge in [-0.25, -0.2) is 0 Å². The average Bonchev–Trinajstić information content (AvgIpc) is 2.25. The number of hydrogen-bond donors (Lipinski definition) is 1. The smallest absolute Gasteiger partial charge is 0.122 e. The molecular formula is C13H20BrNO. The van der Waals surface area contributed by atoms with E-state index in [1.165, 1.54) is 5.56 Å². The average molecular weight is 286 g/mol. The van der Waals surface area contributed by atoms with Gasteiger partial charge in [0.25, 0.3) is 0 Å². The summed E-state index contributed by atoms with van der Waals surface area (Å²) in [6.45, 7) is 4.46. The molecule has 0 spiro atoms. The summed E-state index contributed by atoms with van der Waals surface area (Å²) < 4.78 is 6.48. The lowest BCUT2D eigenvalue weighted by molar-refractivity contribution is 0.391. The lowest BCUT2D eigenvalue weighted by Gasteiger charge is -2.21. The highest BCUT2D eigenvalue weighted by Crippen LogP contribution is 2.25. The highest BCUT2D eigenvalue weighted by atomic mass is 79.9. The molecular weight excluding hydrogens is 266 g/mol. The summed E-state index contributed by atoms with van der Waals surface area (Å²) in [5.41, 5.74) is 1.24. The minimum Gasteiger partial charge on any atom is -0.496 e. The fourth-order valence-electron chi connectivity index (χ4n) is 1.81. The zero-order chi connectivity index (χ0) is 12.1. The molecule has 0 aromatic heterocycles. The fourth-order valence-corrected chi connectivity index (χ4v) is 2.22. The van der Waals surface area contributed by atoms with Crippen molar-refractivity contribution in [2.24, 2.45) is 5.92 Å². The van der Waals surface area contributed by atoms with Crippen molar-refractivity contribution in [3.63, 3.8) is 0 Å². The van der Waals surface area contributed by atoms with E-state index < -0.39 is 0 Å². The van der Waals surface area contributed by atoms with Crippen LogP contribution in [0.2, 0.25) is 0 Å². The maximum atomic E-state index is 5.38. The minimum atomic E-state index is 0.475. The molecule has 1 aromatic rings. The van der Waals surface area contributed by atoms with Gasteiger partial charge in [0.2, 0.25) is 0 Å². The van der Waals surface area contributed by atoms with Gasteiger partial charge >= 0.3 is 0 Å². The predicted octanol–water partition coefficient (Wildman–Crippen LogP) is 3.24. The number of methoxy groups -OCH3 is 1. The molecule has 0 saturated heterocycles. The van der Waals surface area contributed by atoms with Gasteiger partial charge in [0.15, 0.2) is 0 Å². The molecule has 1 unspecified atom stereocenters. The normalized spacial score (nSPS) is 12.9. The molecule has 0 saturated carbocycles. The third-order valence-electron chi connectivity index (χ3n) is 2.86. The summed E-state index contributed by atoms with van der Waals surface area (Å²) >= 11 is 3.50. The Morgan fingerprint density at radius 2 is 2.06 bits per heavy atom. The first kappa shape index (κ1) is 13.5. The van der Waals surface area contributed by atoms with E-state index in [0.717, 1.165) is 16.6 Å². The number of halogens is 1. The quantitative estimate of drug-likeness (QED) is 0.897. The Balaban J connectivity index is 2.89. The molecule has 1 atom stereocenters. The Kier molecular flexibility index (Phi) is 5.29. The molecule has 0 aliphatic carbocycles. The van der Waals surface area contributed by atoms with Crippen molar-refractivity contribution in [2.45, 2.75) is 26.3 Å². The number of rotatable bonds is 5. The van der Waals surface area contributed by atoms with Crippen LogP contribution >= 0.6 is 15.9 Å². The number of nitrogens with one attached hydrogen (secondary N) is 1. The zero-order valence-electron chi connectivity index (χ0n) is 10.4. The van der Waals surface area contributed by atoms with Gasteiger partial charge in [-0.05, 0) is 43.1 Å². The van der Waals surface area contributed by atoms with Crippen LogP contribution in [0, 0.1) is 5.92 Å². The molecule has 0 aliphatic rings. The second-order valence-electron chi connectivity index (χ2n) is 4.30. The van der Waals surface area contributed by atoms with Crippen LogP contribution in [0.1, 0.15) is 19.4 Å². The van der Waals surface area contributed by atoms with E-state index in [2.05, 4.69) is 41.2 Å². The summed E-state index contributed by atoms with van der Waals surface area (Å²) in [6.07, 6.45) is 0.983. The lowest BCUT2D eigenvalue weighted by atomic mass is 9.96. The summed E-state index contributed by atoms with van der Waals surface area (Å²) in [7, 11) is 3.73. The van der Waals surface area contributed by atoms with E-state index in [1.54, 1.807) is 7.11 Å². The van der Waals surface area contributed by atoms with Crippen molar-refractivity contribution >= 4 is 15.9 Å². The molecule has 1 N–H and O–H groups in total. The van der Waals surface area contributed by atoms with Gasteiger partial charge in [-0.1, -0.05) is 29.8 Å². The van der Waals surface area contributed by atoms with Crippen molar-refractivity contribution in [2.75, 3.05) is 14.2 Å². The standard InChI is InChI=1S/C13H20BrNO/c1-9(2)12(15-3)8-10-7-11(14)5-6-13(10)16-4/h5-7,9,12,15H,8H2,1-4H3. The van der Waals surface area contributed by atoms with Gasteiger partial charge in [-0.3, -0.25) is 0 Å². The molecule has 2 nitrogen and oxygen atoms in total. The van der Waals surface area contributed by atoms with Crippen molar-refractivity contribution in [3.05, 3.63) is 28.2 Å². The molecule has 0 bridgehead atoms. The van der Waals surface area contributed by atoms with Crippen molar-refractivity contribution in [1.29, 1.82) is 0 Å². The maximum absolute atomic E-state index is 5.38. The highest BCUT2D eigenvalue weighted by molar-refractivity contribution is 9.10. The van der Waals surface area contributed by atoms with Crippen LogP contribution in [0.5, 0.6) is 5.75 Å². The molecule has 0 fully saturated rings. The minimum absolute atomic E-state index is 0.475. The van der Waals surface area contributed by atoms with Gasteiger partial charge in [0, 0.05) is 10.5 Å². The first-order chi connectivity index (χ1) is 7.58. The van der Waals surface area contributed by atoms with Crippen molar-refractivity contribution in [1.82, 2.24) is 5.32 Å². The largest absolute Gasteiger partial charge is 0.496 e. The van der Waals surface area contributed by atoms with Crippen LogP contribution in [0.25, 0.3) is 0 Å². The third kappa shape index (κ3) is 3.49. The first-order valence-electron chi connectivity index (χ1n) is 5.58. The molecule has 3 heteroatoms. The molecule has 0 amide bonds. The molecule has 0 heterocycles. The number of hydrogen-bond acceptors (Lipinski definition) is 2. The zero-order valence-corrected chi connectivity index (χ0v) is 12.0. The van der Waals surface area contributed by atoms with Gasteiger partial charge in [-0.2, -0.15) is 0 Å². The Bertz CT molecular complexity index is 339. The van der Waals surface area contributed by atoms with Crippen molar-refractivity contribution < 1.29 is 4.74 Å². The summed E-state index contributed by atoms with van der Waals surface area (Å²) in [4.78, 5) is 0. The summed E-state index contributed by atoms with van der Waals surface area (Å²) in [5, 5.41) is 3.35. The second-order valence-corrected chi connectivity index (χ2v) is 5.22. The molecule has 16 heavy (non-hydrogen) atoms. The highest BCUT2D eigenvalue weighted by Gasteiger charge is 2.14. The fraction of sp³-hybridized carbons (Fsp3) is 0.538. The van der Waals surface area contributed by atoms with Crippen molar-refractivity contribution in [3.8, 4) is 5.75 Å². The van der Waals surface area contributed by atoms with E-state index in [-0.39, 0.29) is 0 Å². The Morgan fingerprint density at radius 3 is 2.56 bits per heavy atom. The number of likely N-dealkylation sites (N-methyl/N-ethyl adjacent to an activating group) is 1. The molecule has 0 radical (unpaired) electrons. The Labute approximate surface area is 107 Å². The van der Waals surface area contributed by atoms with Crippen LogP contribution in [-0.2, 0) is 6.42 Å². The van der Waals surface area contributed by atoms with E-state index in [4.69, 9.17) is 4.74 Å². The van der Waals surface area contributed by atoms with E-state index in [0.29, 0.717) is 12.0 Å². The Morgan fingerprint density at radius 1 is 1.38 bits per heavy atom. The molecule has 1 aromatic carbocycles. The van der Waals surface area contributed by atoms with E-state index in [1.807, 2.05) is 19.2 Å². The van der Waals surface area contributed by atoms with Crippen LogP contribution in [0.3, 0.4) is 0 Å². The summed E-state index contributed by atoms with van der Waals surface area (Å²) in [5.74, 6) is 1.57. The number of benzene rings is 1. The van der Waals surface area contributed by atoms with Gasteiger partial charge in [0.05, 0.1) is 7.11 Å². The van der Waals surface area contributed by atoms with Crippen LogP contribution in [0.15, 0.2) is 22.7 Å². The maximum Gasteiger partial charge on any atom is 0.122 e. The van der Waals surface area contributed by atoms with E-state index in [9.17, 15) is 0 Å². The van der Waals surface area contributed by atoms with Gasteiger partial charge < -0.3 is 10.1 Å².